The molecule has 0 bridgehead atoms. The quantitative estimate of drug-likeness (QED) is 0.858. The second-order valence-corrected chi connectivity index (χ2v) is 6.91. The Kier molecular flexibility index (Phi) is 5.13. The molecule has 0 unspecified atom stereocenters. The first-order valence-electron chi connectivity index (χ1n) is 7.00. The molecule has 2 aromatic rings. The van der Waals surface area contributed by atoms with Gasteiger partial charge in [-0.05, 0) is 45.0 Å². The first-order chi connectivity index (χ1) is 10.4. The molecule has 1 heterocycles. The Morgan fingerprint density at radius 3 is 2.55 bits per heavy atom. The smallest absolute Gasteiger partial charge is 0.234 e. The molecule has 0 saturated heterocycles. The van der Waals surface area contributed by atoms with Gasteiger partial charge in [0.1, 0.15) is 5.75 Å². The van der Waals surface area contributed by atoms with E-state index in [1.807, 2.05) is 35.1 Å². The fourth-order valence-corrected chi connectivity index (χ4v) is 2.47. The van der Waals surface area contributed by atoms with Crippen LogP contribution in [0.15, 0.2) is 41.6 Å². The molecular formula is C16H21N3O2S. The number of anilines is 1. The maximum Gasteiger partial charge on any atom is 0.234 e. The normalized spacial score (nSPS) is 11.3. The summed E-state index contributed by atoms with van der Waals surface area (Å²) in [6, 6.07) is 7.64. The van der Waals surface area contributed by atoms with Crippen molar-refractivity contribution in [3.63, 3.8) is 0 Å². The predicted molar refractivity (Wildman–Crippen MR) is 89.6 cm³/mol. The fraction of sp³-hybridized carbons (Fsp3) is 0.375. The summed E-state index contributed by atoms with van der Waals surface area (Å²) in [4.78, 5) is 13.0. The summed E-state index contributed by atoms with van der Waals surface area (Å²) in [5, 5.41) is 7.12. The topological polar surface area (TPSA) is 56.1 Å². The van der Waals surface area contributed by atoms with Crippen LogP contribution in [0.4, 0.5) is 5.69 Å². The Morgan fingerprint density at radius 2 is 2.00 bits per heavy atom. The van der Waals surface area contributed by atoms with Crippen molar-refractivity contribution in [3.05, 3.63) is 36.7 Å². The molecule has 22 heavy (non-hydrogen) atoms. The maximum atomic E-state index is 12.0. The molecule has 1 aromatic heterocycles. The van der Waals surface area contributed by atoms with Gasteiger partial charge in [-0.25, -0.2) is 0 Å². The minimum Gasteiger partial charge on any atom is -0.497 e. The zero-order valence-electron chi connectivity index (χ0n) is 13.3. The van der Waals surface area contributed by atoms with Gasteiger partial charge in [0.2, 0.25) is 5.91 Å². The van der Waals surface area contributed by atoms with Gasteiger partial charge in [-0.1, -0.05) is 0 Å². The molecule has 1 aromatic carbocycles. The Bertz CT molecular complexity index is 630. The van der Waals surface area contributed by atoms with Crippen LogP contribution in [0.2, 0.25) is 0 Å². The second kappa shape index (κ2) is 6.87. The van der Waals surface area contributed by atoms with Crippen LogP contribution >= 0.6 is 11.8 Å². The lowest BCUT2D eigenvalue weighted by Crippen LogP contribution is -2.22. The lowest BCUT2D eigenvalue weighted by Gasteiger charge is -2.18. The van der Waals surface area contributed by atoms with Crippen molar-refractivity contribution in [2.45, 2.75) is 31.2 Å². The summed E-state index contributed by atoms with van der Waals surface area (Å²) in [6.07, 6.45) is 3.51. The minimum atomic E-state index is -0.0964. The Balaban J connectivity index is 1.86. The molecule has 0 aliphatic heterocycles. The third-order valence-electron chi connectivity index (χ3n) is 2.98. The molecule has 0 aliphatic carbocycles. The van der Waals surface area contributed by atoms with E-state index >= 15 is 0 Å². The Morgan fingerprint density at radius 1 is 1.32 bits per heavy atom. The van der Waals surface area contributed by atoms with Crippen LogP contribution < -0.4 is 10.1 Å². The van der Waals surface area contributed by atoms with E-state index in [1.54, 1.807) is 13.3 Å². The highest BCUT2D eigenvalue weighted by atomic mass is 32.2. The van der Waals surface area contributed by atoms with Crippen molar-refractivity contribution in [1.82, 2.24) is 9.78 Å². The van der Waals surface area contributed by atoms with E-state index < -0.39 is 0 Å². The zero-order valence-corrected chi connectivity index (χ0v) is 14.1. The van der Waals surface area contributed by atoms with Crippen LogP contribution in [-0.4, -0.2) is 28.6 Å². The number of methoxy groups -OCH3 is 1. The third-order valence-corrected chi connectivity index (χ3v) is 4.00. The molecule has 1 N–H and O–H groups in total. The molecule has 0 aliphatic rings. The summed E-state index contributed by atoms with van der Waals surface area (Å²) in [5.41, 5.74) is 0.621. The highest BCUT2D eigenvalue weighted by Gasteiger charge is 2.14. The monoisotopic (exact) mass is 319 g/mol. The Hall–Kier alpha value is -1.95. The van der Waals surface area contributed by atoms with E-state index in [4.69, 9.17) is 4.74 Å². The summed E-state index contributed by atoms with van der Waals surface area (Å²) < 4.78 is 6.94. The van der Waals surface area contributed by atoms with Crippen molar-refractivity contribution < 1.29 is 9.53 Å². The zero-order chi connectivity index (χ0) is 16.2. The molecule has 6 heteroatoms. The van der Waals surface area contributed by atoms with Gasteiger partial charge in [0.25, 0.3) is 0 Å². The number of carbonyl (C=O) groups is 1. The Labute approximate surface area is 135 Å². The van der Waals surface area contributed by atoms with Crippen LogP contribution in [0.1, 0.15) is 20.8 Å². The number of hydrogen-bond donors (Lipinski definition) is 1. The summed E-state index contributed by atoms with van der Waals surface area (Å²) >= 11 is 1.48. The number of hydrogen-bond acceptors (Lipinski definition) is 4. The molecule has 5 nitrogen and oxygen atoms in total. The molecule has 0 atom stereocenters. The number of nitrogens with one attached hydrogen (secondary N) is 1. The van der Waals surface area contributed by atoms with Gasteiger partial charge in [0.05, 0.1) is 30.3 Å². The molecule has 118 valence electrons. The highest BCUT2D eigenvalue weighted by Crippen LogP contribution is 2.21. The maximum absolute atomic E-state index is 12.0. The van der Waals surface area contributed by atoms with E-state index in [9.17, 15) is 4.79 Å². The van der Waals surface area contributed by atoms with Crippen LogP contribution in [-0.2, 0) is 10.3 Å². The molecule has 1 amide bonds. The van der Waals surface area contributed by atoms with Crippen LogP contribution in [0, 0.1) is 0 Å². The number of ether oxygens (including phenoxy) is 1. The SMILES string of the molecule is COc1ccc(SCC(=O)Nc2cnn(C(C)(C)C)c2)cc1. The van der Waals surface area contributed by atoms with Crippen molar-refractivity contribution in [3.8, 4) is 5.75 Å². The van der Waals surface area contributed by atoms with Crippen molar-refractivity contribution in [2.75, 3.05) is 18.2 Å². The number of thioether (sulfide) groups is 1. The van der Waals surface area contributed by atoms with E-state index in [0.29, 0.717) is 5.75 Å². The highest BCUT2D eigenvalue weighted by molar-refractivity contribution is 8.00. The number of nitrogens with zero attached hydrogens (tertiary/aromatic N) is 2. The van der Waals surface area contributed by atoms with Gasteiger partial charge in [-0.15, -0.1) is 11.8 Å². The minimum absolute atomic E-state index is 0.0470. The van der Waals surface area contributed by atoms with Gasteiger partial charge in [0, 0.05) is 11.1 Å². The largest absolute Gasteiger partial charge is 0.497 e. The van der Waals surface area contributed by atoms with Gasteiger partial charge >= 0.3 is 0 Å². The predicted octanol–water partition coefficient (Wildman–Crippen LogP) is 3.38. The summed E-state index contributed by atoms with van der Waals surface area (Å²) in [6.45, 7) is 6.18. The van der Waals surface area contributed by atoms with Gasteiger partial charge in [0.15, 0.2) is 0 Å². The number of benzene rings is 1. The number of rotatable bonds is 5. The number of carbonyl (C=O) groups excluding carboxylic acids is 1. The molecule has 2 rings (SSSR count). The van der Waals surface area contributed by atoms with Gasteiger partial charge < -0.3 is 10.1 Å². The van der Waals surface area contributed by atoms with Crippen molar-refractivity contribution in [2.24, 2.45) is 0 Å². The van der Waals surface area contributed by atoms with Gasteiger partial charge in [-0.2, -0.15) is 5.10 Å². The summed E-state index contributed by atoms with van der Waals surface area (Å²) in [7, 11) is 1.63. The molecule has 0 saturated carbocycles. The van der Waals surface area contributed by atoms with E-state index in [1.165, 1.54) is 11.8 Å². The lowest BCUT2D eigenvalue weighted by atomic mass is 10.1. The van der Waals surface area contributed by atoms with Crippen molar-refractivity contribution in [1.29, 1.82) is 0 Å². The second-order valence-electron chi connectivity index (χ2n) is 5.86. The van der Waals surface area contributed by atoms with Crippen LogP contribution in [0.25, 0.3) is 0 Å². The molecule has 0 spiro atoms. The average Bonchev–Trinajstić information content (AvgIpc) is 2.94. The summed E-state index contributed by atoms with van der Waals surface area (Å²) in [5.74, 6) is 1.12. The van der Waals surface area contributed by atoms with Gasteiger partial charge in [-0.3, -0.25) is 9.48 Å². The van der Waals surface area contributed by atoms with E-state index in [-0.39, 0.29) is 11.4 Å². The fourth-order valence-electron chi connectivity index (χ4n) is 1.77. The number of amides is 1. The third kappa shape index (κ3) is 4.53. The average molecular weight is 319 g/mol. The number of aromatic nitrogens is 2. The first kappa shape index (κ1) is 16.4. The standard InChI is InChI=1S/C16H21N3O2S/c1-16(2,3)19-10-12(9-17-19)18-15(20)11-22-14-7-5-13(21-4)6-8-14/h5-10H,11H2,1-4H3,(H,18,20). The lowest BCUT2D eigenvalue weighted by molar-refractivity contribution is -0.113. The first-order valence-corrected chi connectivity index (χ1v) is 7.99. The molecule has 0 radical (unpaired) electrons. The van der Waals surface area contributed by atoms with Crippen LogP contribution in [0.3, 0.4) is 0 Å². The van der Waals surface area contributed by atoms with Crippen molar-refractivity contribution >= 4 is 23.4 Å². The molecule has 0 fully saturated rings. The van der Waals surface area contributed by atoms with E-state index in [0.717, 1.165) is 16.3 Å². The molecular weight excluding hydrogens is 298 g/mol. The van der Waals surface area contributed by atoms with E-state index in [2.05, 4.69) is 31.2 Å². The van der Waals surface area contributed by atoms with Crippen LogP contribution in [0.5, 0.6) is 5.75 Å².